The Hall–Kier alpha value is -4.69. The van der Waals surface area contributed by atoms with E-state index in [1.807, 2.05) is 6.07 Å². The summed E-state index contributed by atoms with van der Waals surface area (Å²) in [5.41, 5.74) is 5.38. The van der Waals surface area contributed by atoms with E-state index in [1.54, 1.807) is 6.20 Å². The van der Waals surface area contributed by atoms with Crippen molar-refractivity contribution in [3.8, 4) is 0 Å². The monoisotopic (exact) mass is 473 g/mol. The van der Waals surface area contributed by atoms with Crippen LogP contribution in [0.2, 0.25) is 0 Å². The van der Waals surface area contributed by atoms with Crippen molar-refractivity contribution in [1.29, 1.82) is 0 Å². The summed E-state index contributed by atoms with van der Waals surface area (Å²) in [6.07, 6.45) is 9.76. The zero-order valence-corrected chi connectivity index (χ0v) is 20.2. The van der Waals surface area contributed by atoms with E-state index in [0.717, 1.165) is 22.8 Å². The Bertz CT molecular complexity index is 2040. The Balaban J connectivity index is 1.27. The minimum Gasteiger partial charge on any atom is -0.438 e. The van der Waals surface area contributed by atoms with E-state index < -0.39 is 0 Å². The maximum atomic E-state index is 5.94. The average Bonchev–Trinajstić information content (AvgIpc) is 3.35. The summed E-state index contributed by atoms with van der Waals surface area (Å²) >= 11 is 0. The van der Waals surface area contributed by atoms with Crippen molar-refractivity contribution in [2.24, 2.45) is 0 Å². The molecule has 0 fully saturated rings. The van der Waals surface area contributed by atoms with Crippen LogP contribution in [0.15, 0.2) is 126 Å². The van der Waals surface area contributed by atoms with Gasteiger partial charge >= 0.3 is 0 Å². The van der Waals surface area contributed by atoms with Gasteiger partial charge < -0.3 is 4.42 Å². The van der Waals surface area contributed by atoms with Gasteiger partial charge in [0, 0.05) is 22.9 Å². The van der Waals surface area contributed by atoms with Crippen LogP contribution < -0.4 is 0 Å². The Morgan fingerprint density at radius 3 is 2.11 bits per heavy atom. The minimum absolute atomic E-state index is 0.327. The average molecular weight is 474 g/mol. The summed E-state index contributed by atoms with van der Waals surface area (Å²) in [5, 5.41) is 10.1. The molecule has 174 valence electrons. The molecule has 7 aromatic rings. The number of allylic oxidation sites excluding steroid dienone is 4. The molecule has 0 saturated heterocycles. The van der Waals surface area contributed by atoms with Crippen molar-refractivity contribution in [3.05, 3.63) is 133 Å². The standard InChI is InChI=1S/C35H23NO/c1-2-11-28-26(9-1)27-10-3-4-12-29(27)32-20-24(14-16-30(28)32)22-7-5-8-23(19-22)25-15-17-34-33(21-25)31-13-6-18-36-35(31)37-34/h1-6,8-22H,7H2. The Labute approximate surface area is 214 Å². The lowest BCUT2D eigenvalue weighted by molar-refractivity contribution is 0.654. The van der Waals surface area contributed by atoms with Crippen LogP contribution in [0, 0.1) is 0 Å². The van der Waals surface area contributed by atoms with Crippen LogP contribution in [0.1, 0.15) is 23.5 Å². The van der Waals surface area contributed by atoms with Gasteiger partial charge in [-0.05, 0) is 85.8 Å². The molecular weight excluding hydrogens is 450 g/mol. The van der Waals surface area contributed by atoms with Gasteiger partial charge in [0.25, 0.3) is 0 Å². The molecule has 0 spiro atoms. The molecule has 2 nitrogen and oxygen atoms in total. The van der Waals surface area contributed by atoms with Crippen LogP contribution in [0.3, 0.4) is 0 Å². The largest absolute Gasteiger partial charge is 0.438 e. The lowest BCUT2D eigenvalue weighted by Gasteiger charge is -2.19. The highest BCUT2D eigenvalue weighted by Gasteiger charge is 2.17. The molecule has 1 aliphatic rings. The summed E-state index contributed by atoms with van der Waals surface area (Å²) < 4.78 is 5.94. The Kier molecular flexibility index (Phi) is 4.38. The molecule has 2 heterocycles. The molecule has 0 radical (unpaired) electrons. The zero-order chi connectivity index (χ0) is 24.3. The molecule has 0 N–H and O–H groups in total. The fraction of sp³-hybridized carbons (Fsp3) is 0.0571. The summed E-state index contributed by atoms with van der Waals surface area (Å²) in [4.78, 5) is 4.38. The predicted octanol–water partition coefficient (Wildman–Crippen LogP) is 9.57. The second-order valence-corrected chi connectivity index (χ2v) is 9.93. The molecule has 1 atom stereocenters. The molecule has 0 saturated carbocycles. The highest BCUT2D eigenvalue weighted by molar-refractivity contribution is 6.25. The number of pyridine rings is 1. The molecule has 2 heteroatoms. The van der Waals surface area contributed by atoms with Crippen molar-refractivity contribution < 1.29 is 4.42 Å². The molecule has 5 aromatic carbocycles. The molecule has 8 rings (SSSR count). The third kappa shape index (κ3) is 3.16. The number of furan rings is 1. The number of rotatable bonds is 2. The third-order valence-electron chi connectivity index (χ3n) is 7.85. The molecule has 37 heavy (non-hydrogen) atoms. The number of hydrogen-bond donors (Lipinski definition) is 0. The summed E-state index contributed by atoms with van der Waals surface area (Å²) in [6, 6.07) is 35.1. The van der Waals surface area contributed by atoms with Crippen molar-refractivity contribution in [2.75, 3.05) is 0 Å². The molecule has 0 bridgehead atoms. The first-order valence-electron chi connectivity index (χ1n) is 12.8. The molecule has 1 aliphatic carbocycles. The number of benzene rings is 5. The van der Waals surface area contributed by atoms with Crippen LogP contribution in [-0.2, 0) is 0 Å². The van der Waals surface area contributed by atoms with Crippen molar-refractivity contribution in [3.63, 3.8) is 0 Å². The maximum Gasteiger partial charge on any atom is 0.227 e. The number of hydrogen-bond acceptors (Lipinski definition) is 2. The van der Waals surface area contributed by atoms with E-state index >= 15 is 0 Å². The van der Waals surface area contributed by atoms with E-state index in [0.29, 0.717) is 11.6 Å². The van der Waals surface area contributed by atoms with Gasteiger partial charge in [-0.2, -0.15) is 0 Å². The van der Waals surface area contributed by atoms with Gasteiger partial charge in [0.15, 0.2) is 0 Å². The second kappa shape index (κ2) is 7.91. The van der Waals surface area contributed by atoms with E-state index in [2.05, 4.69) is 114 Å². The number of fused-ring (bicyclic) bond motifs is 9. The Morgan fingerprint density at radius 2 is 1.32 bits per heavy atom. The molecular formula is C35H23NO. The third-order valence-corrected chi connectivity index (χ3v) is 7.85. The van der Waals surface area contributed by atoms with Crippen LogP contribution in [0.25, 0.3) is 60.0 Å². The van der Waals surface area contributed by atoms with E-state index in [4.69, 9.17) is 4.42 Å². The highest BCUT2D eigenvalue weighted by Crippen LogP contribution is 2.39. The smallest absolute Gasteiger partial charge is 0.227 e. The summed E-state index contributed by atoms with van der Waals surface area (Å²) in [5.74, 6) is 0.327. The van der Waals surface area contributed by atoms with Gasteiger partial charge in [-0.25, -0.2) is 4.98 Å². The van der Waals surface area contributed by atoms with Gasteiger partial charge in [0.05, 0.1) is 0 Å². The molecule has 1 unspecified atom stereocenters. The van der Waals surface area contributed by atoms with Crippen LogP contribution >= 0.6 is 0 Å². The SMILES string of the molecule is C1=CC(c2ccc3oc4ncccc4c3c2)=CC(c2ccc3c4ccccc4c4ccccc4c3c2)C1. The van der Waals surface area contributed by atoms with Gasteiger partial charge in [0.1, 0.15) is 5.58 Å². The van der Waals surface area contributed by atoms with Crippen molar-refractivity contribution in [1.82, 2.24) is 4.98 Å². The molecule has 0 amide bonds. The summed E-state index contributed by atoms with van der Waals surface area (Å²) in [7, 11) is 0. The van der Waals surface area contributed by atoms with E-state index in [-0.39, 0.29) is 0 Å². The lowest BCUT2D eigenvalue weighted by Crippen LogP contribution is -1.99. The van der Waals surface area contributed by atoms with Crippen LogP contribution in [0.4, 0.5) is 0 Å². The second-order valence-electron chi connectivity index (χ2n) is 9.93. The molecule has 2 aromatic heterocycles. The first-order chi connectivity index (χ1) is 18.3. The predicted molar refractivity (Wildman–Crippen MR) is 155 cm³/mol. The zero-order valence-electron chi connectivity index (χ0n) is 20.2. The molecule has 0 aliphatic heterocycles. The van der Waals surface area contributed by atoms with Gasteiger partial charge in [-0.3, -0.25) is 0 Å². The minimum atomic E-state index is 0.327. The van der Waals surface area contributed by atoms with E-state index in [1.165, 1.54) is 49.0 Å². The number of aromatic nitrogens is 1. The first-order valence-corrected chi connectivity index (χ1v) is 12.8. The summed E-state index contributed by atoms with van der Waals surface area (Å²) in [6.45, 7) is 0. The quantitative estimate of drug-likeness (QED) is 0.234. The highest BCUT2D eigenvalue weighted by atomic mass is 16.3. The Morgan fingerprint density at radius 1 is 0.622 bits per heavy atom. The van der Waals surface area contributed by atoms with Crippen molar-refractivity contribution in [2.45, 2.75) is 12.3 Å². The van der Waals surface area contributed by atoms with Crippen LogP contribution in [-0.4, -0.2) is 4.98 Å². The maximum absolute atomic E-state index is 5.94. The van der Waals surface area contributed by atoms with Gasteiger partial charge in [-0.15, -0.1) is 0 Å². The normalized spacial score (nSPS) is 15.8. The van der Waals surface area contributed by atoms with Gasteiger partial charge in [0.2, 0.25) is 5.71 Å². The first kappa shape index (κ1) is 20.5. The fourth-order valence-electron chi connectivity index (χ4n) is 6.05. The van der Waals surface area contributed by atoms with Crippen molar-refractivity contribution >= 4 is 60.0 Å². The van der Waals surface area contributed by atoms with Crippen LogP contribution in [0.5, 0.6) is 0 Å². The fourth-order valence-corrected chi connectivity index (χ4v) is 6.05. The van der Waals surface area contributed by atoms with E-state index in [9.17, 15) is 0 Å². The number of nitrogens with zero attached hydrogens (tertiary/aromatic N) is 1. The lowest BCUT2D eigenvalue weighted by atomic mass is 9.85. The van der Waals surface area contributed by atoms with Gasteiger partial charge in [-0.1, -0.05) is 85.0 Å². The topological polar surface area (TPSA) is 26.0 Å².